The summed E-state index contributed by atoms with van der Waals surface area (Å²) in [6, 6.07) is 6.09. The van der Waals surface area contributed by atoms with Gasteiger partial charge in [-0.05, 0) is 36.3 Å². The fourth-order valence-corrected chi connectivity index (χ4v) is 1.36. The summed E-state index contributed by atoms with van der Waals surface area (Å²) in [6.07, 6.45) is 1.36. The first-order valence-electron chi connectivity index (χ1n) is 5.62. The van der Waals surface area contributed by atoms with E-state index in [-0.39, 0.29) is 24.6 Å². The number of benzene rings is 1. The van der Waals surface area contributed by atoms with Crippen LogP contribution in [-0.4, -0.2) is 26.3 Å². The zero-order chi connectivity index (χ0) is 14.3. The average Bonchev–Trinajstić information content (AvgIpc) is 2.40. The van der Waals surface area contributed by atoms with Crippen molar-refractivity contribution in [3.8, 4) is 6.07 Å². The molecule has 0 radical (unpaired) electrons. The molecular weight excluding hydrogens is 249 g/mol. The summed E-state index contributed by atoms with van der Waals surface area (Å²) in [5, 5.41) is 8.91. The number of ether oxygens (including phenoxy) is 2. The van der Waals surface area contributed by atoms with Crippen molar-refractivity contribution < 1.29 is 18.7 Å². The van der Waals surface area contributed by atoms with E-state index in [2.05, 4.69) is 0 Å². The van der Waals surface area contributed by atoms with E-state index >= 15 is 0 Å². The van der Waals surface area contributed by atoms with E-state index in [0.717, 1.165) is 0 Å². The molecule has 0 atom stereocenters. The Hall–Kier alpha value is -2.19. The normalized spacial score (nSPS) is 10.9. The van der Waals surface area contributed by atoms with Crippen molar-refractivity contribution in [3.05, 3.63) is 40.7 Å². The molecule has 4 nitrogen and oxygen atoms in total. The van der Waals surface area contributed by atoms with Gasteiger partial charge in [-0.15, -0.1) is 0 Å². The zero-order valence-corrected chi connectivity index (χ0v) is 10.8. The summed E-state index contributed by atoms with van der Waals surface area (Å²) in [7, 11) is 1.48. The number of esters is 1. The molecule has 0 saturated heterocycles. The minimum absolute atomic E-state index is 0.0802. The summed E-state index contributed by atoms with van der Waals surface area (Å²) in [6.45, 7) is 1.95. The van der Waals surface area contributed by atoms with Crippen LogP contribution < -0.4 is 0 Å². The van der Waals surface area contributed by atoms with Crippen molar-refractivity contribution in [2.75, 3.05) is 20.3 Å². The minimum Gasteiger partial charge on any atom is -0.459 e. The molecule has 1 aromatic rings. The van der Waals surface area contributed by atoms with Crippen LogP contribution >= 0.6 is 0 Å². The largest absolute Gasteiger partial charge is 0.459 e. The highest BCUT2D eigenvalue weighted by Gasteiger charge is 2.10. The number of methoxy groups -OCH3 is 1. The molecule has 0 fully saturated rings. The monoisotopic (exact) mass is 263 g/mol. The van der Waals surface area contributed by atoms with Gasteiger partial charge >= 0.3 is 5.97 Å². The summed E-state index contributed by atoms with van der Waals surface area (Å²) < 4.78 is 22.7. The molecule has 1 aromatic carbocycles. The van der Waals surface area contributed by atoms with Crippen LogP contribution in [0.2, 0.25) is 0 Å². The predicted molar refractivity (Wildman–Crippen MR) is 67.6 cm³/mol. The molecule has 0 aliphatic carbocycles. The topological polar surface area (TPSA) is 59.3 Å². The Labute approximate surface area is 111 Å². The molecule has 0 aliphatic heterocycles. The molecule has 0 heterocycles. The highest BCUT2D eigenvalue weighted by molar-refractivity contribution is 5.97. The Morgan fingerprint density at radius 1 is 1.47 bits per heavy atom. The third-order valence-corrected chi connectivity index (χ3v) is 2.35. The van der Waals surface area contributed by atoms with Gasteiger partial charge in [0.05, 0.1) is 6.61 Å². The van der Waals surface area contributed by atoms with Gasteiger partial charge in [-0.1, -0.05) is 6.07 Å². The number of nitriles is 1. The van der Waals surface area contributed by atoms with Crippen molar-refractivity contribution in [2.45, 2.75) is 6.92 Å². The van der Waals surface area contributed by atoms with Crippen LogP contribution in [0.25, 0.3) is 6.08 Å². The number of carbonyl (C=O) groups is 1. The second-order valence-electron chi connectivity index (χ2n) is 3.81. The smallest absolute Gasteiger partial charge is 0.348 e. The Bertz CT molecular complexity index is 532. The number of nitrogens with zero attached hydrogens (tertiary/aromatic N) is 1. The van der Waals surface area contributed by atoms with Gasteiger partial charge in [-0.2, -0.15) is 5.26 Å². The lowest BCUT2D eigenvalue weighted by molar-refractivity contribution is -0.139. The second-order valence-corrected chi connectivity index (χ2v) is 3.81. The number of aryl methyl sites for hydroxylation is 1. The number of hydrogen-bond donors (Lipinski definition) is 0. The van der Waals surface area contributed by atoms with Crippen molar-refractivity contribution in [3.63, 3.8) is 0 Å². The molecule has 1 rings (SSSR count). The van der Waals surface area contributed by atoms with Crippen LogP contribution in [0.3, 0.4) is 0 Å². The van der Waals surface area contributed by atoms with Gasteiger partial charge in [0.2, 0.25) is 0 Å². The van der Waals surface area contributed by atoms with Gasteiger partial charge in [0, 0.05) is 7.11 Å². The number of hydrogen-bond acceptors (Lipinski definition) is 4. The van der Waals surface area contributed by atoms with E-state index < -0.39 is 5.97 Å². The van der Waals surface area contributed by atoms with Gasteiger partial charge in [0.1, 0.15) is 24.1 Å². The van der Waals surface area contributed by atoms with Gasteiger partial charge in [0.25, 0.3) is 0 Å². The molecule has 0 amide bonds. The molecule has 0 unspecified atom stereocenters. The quantitative estimate of drug-likeness (QED) is 0.354. The van der Waals surface area contributed by atoms with E-state index in [1.807, 2.05) is 0 Å². The molecule has 0 spiro atoms. The highest BCUT2D eigenvalue weighted by atomic mass is 19.1. The van der Waals surface area contributed by atoms with E-state index in [9.17, 15) is 9.18 Å². The Balaban J connectivity index is 2.84. The fraction of sp³-hybridized carbons (Fsp3) is 0.286. The molecule has 19 heavy (non-hydrogen) atoms. The molecule has 5 heteroatoms. The molecule has 0 bridgehead atoms. The Morgan fingerprint density at radius 2 is 2.21 bits per heavy atom. The third kappa shape index (κ3) is 4.53. The van der Waals surface area contributed by atoms with Crippen LogP contribution in [0.15, 0.2) is 23.8 Å². The molecule has 0 saturated carbocycles. The van der Waals surface area contributed by atoms with Crippen LogP contribution in [0, 0.1) is 24.1 Å². The Morgan fingerprint density at radius 3 is 2.79 bits per heavy atom. The van der Waals surface area contributed by atoms with Crippen molar-refractivity contribution in [2.24, 2.45) is 0 Å². The third-order valence-electron chi connectivity index (χ3n) is 2.35. The summed E-state index contributed by atoms with van der Waals surface area (Å²) in [4.78, 5) is 11.6. The van der Waals surface area contributed by atoms with Crippen LogP contribution in [-0.2, 0) is 14.3 Å². The predicted octanol–water partition coefficient (Wildman–Crippen LogP) is 2.23. The van der Waals surface area contributed by atoms with Crippen molar-refractivity contribution in [1.29, 1.82) is 5.26 Å². The zero-order valence-electron chi connectivity index (χ0n) is 10.8. The van der Waals surface area contributed by atoms with Crippen LogP contribution in [0.5, 0.6) is 0 Å². The maximum atomic E-state index is 13.1. The Kier molecular flexibility index (Phi) is 5.71. The summed E-state index contributed by atoms with van der Waals surface area (Å²) in [5.74, 6) is -1.06. The number of halogens is 1. The van der Waals surface area contributed by atoms with Crippen LogP contribution in [0.4, 0.5) is 4.39 Å². The molecule has 0 N–H and O–H groups in total. The molecule has 0 aromatic heterocycles. The van der Waals surface area contributed by atoms with Gasteiger partial charge in [0.15, 0.2) is 0 Å². The lowest BCUT2D eigenvalue weighted by Crippen LogP contribution is -2.11. The molecular formula is C14H14FNO3. The first kappa shape index (κ1) is 14.9. The molecule has 0 aliphatic rings. The molecule has 100 valence electrons. The van der Waals surface area contributed by atoms with Gasteiger partial charge < -0.3 is 9.47 Å². The number of carbonyl (C=O) groups excluding carboxylic acids is 1. The summed E-state index contributed by atoms with van der Waals surface area (Å²) >= 11 is 0. The van der Waals surface area contributed by atoms with E-state index in [4.69, 9.17) is 14.7 Å². The number of rotatable bonds is 5. The SMILES string of the molecule is COCCOC(=O)/C(C#N)=C/c1ccc(F)c(C)c1. The first-order valence-corrected chi connectivity index (χ1v) is 5.62. The maximum absolute atomic E-state index is 13.1. The average molecular weight is 263 g/mol. The first-order chi connectivity index (χ1) is 9.08. The van der Waals surface area contributed by atoms with Gasteiger partial charge in [-0.25, -0.2) is 9.18 Å². The lowest BCUT2D eigenvalue weighted by Gasteiger charge is -2.03. The van der Waals surface area contributed by atoms with E-state index in [1.165, 1.54) is 25.3 Å². The maximum Gasteiger partial charge on any atom is 0.348 e. The van der Waals surface area contributed by atoms with Gasteiger partial charge in [-0.3, -0.25) is 0 Å². The van der Waals surface area contributed by atoms with Crippen molar-refractivity contribution >= 4 is 12.0 Å². The summed E-state index contributed by atoms with van der Waals surface area (Å²) in [5.41, 5.74) is 0.875. The van der Waals surface area contributed by atoms with E-state index in [1.54, 1.807) is 19.1 Å². The standard InChI is InChI=1S/C14H14FNO3/c1-10-7-11(3-4-13(10)15)8-12(9-16)14(17)19-6-5-18-2/h3-4,7-8H,5-6H2,1-2H3/b12-8+. The lowest BCUT2D eigenvalue weighted by atomic mass is 10.1. The minimum atomic E-state index is -0.721. The second kappa shape index (κ2) is 7.29. The fourth-order valence-electron chi connectivity index (χ4n) is 1.36. The van der Waals surface area contributed by atoms with Crippen LogP contribution in [0.1, 0.15) is 11.1 Å². The van der Waals surface area contributed by atoms with E-state index in [0.29, 0.717) is 11.1 Å². The van der Waals surface area contributed by atoms with Crippen molar-refractivity contribution in [1.82, 2.24) is 0 Å². The highest BCUT2D eigenvalue weighted by Crippen LogP contribution is 2.13.